The third-order valence-electron chi connectivity index (χ3n) is 1.93. The molecule has 0 spiro atoms. The number of hydrogen-bond donors (Lipinski definition) is 1. The summed E-state index contributed by atoms with van der Waals surface area (Å²) in [7, 11) is 0. The second kappa shape index (κ2) is 4.77. The highest BCUT2D eigenvalue weighted by Gasteiger charge is 2.10. The average molecular weight is 208 g/mol. The molecule has 1 N–H and O–H groups in total. The molecule has 1 aromatic heterocycles. The van der Waals surface area contributed by atoms with Crippen LogP contribution in [0.1, 0.15) is 33.5 Å². The van der Waals surface area contributed by atoms with Crippen LogP contribution in [0.15, 0.2) is 6.07 Å². The van der Waals surface area contributed by atoms with Crippen molar-refractivity contribution in [2.45, 2.75) is 26.7 Å². The van der Waals surface area contributed by atoms with Crippen LogP contribution in [0.4, 0.5) is 0 Å². The van der Waals surface area contributed by atoms with Gasteiger partial charge < -0.3 is 0 Å². The Morgan fingerprint density at radius 3 is 3.00 bits per heavy atom. The summed E-state index contributed by atoms with van der Waals surface area (Å²) in [5.41, 5.74) is 1.21. The van der Waals surface area contributed by atoms with Crippen LogP contribution in [0.5, 0.6) is 0 Å². The summed E-state index contributed by atoms with van der Waals surface area (Å²) in [6.45, 7) is 4.10. The number of rotatable bonds is 3. The summed E-state index contributed by atoms with van der Waals surface area (Å²) in [4.78, 5) is 13.1. The molecule has 0 radical (unpaired) electrons. The number of aryl methyl sites for hydroxylation is 2. The zero-order chi connectivity index (χ0) is 10.6. The molecule has 14 heavy (non-hydrogen) atoms. The SMILES string of the molecule is CCCc1cc(C(=O)NC#N)sc1C. The molecule has 0 aliphatic heterocycles. The lowest BCUT2D eigenvalue weighted by Crippen LogP contribution is -2.15. The van der Waals surface area contributed by atoms with Crippen molar-refractivity contribution in [3.05, 3.63) is 21.4 Å². The van der Waals surface area contributed by atoms with E-state index in [9.17, 15) is 4.79 Å². The van der Waals surface area contributed by atoms with Gasteiger partial charge in [0, 0.05) is 4.88 Å². The number of thiophene rings is 1. The van der Waals surface area contributed by atoms with Crippen molar-refractivity contribution >= 4 is 17.2 Å². The van der Waals surface area contributed by atoms with Crippen molar-refractivity contribution in [3.63, 3.8) is 0 Å². The molecular weight excluding hydrogens is 196 g/mol. The minimum Gasteiger partial charge on any atom is -0.267 e. The maximum atomic E-state index is 11.3. The van der Waals surface area contributed by atoms with Gasteiger partial charge in [-0.1, -0.05) is 13.3 Å². The average Bonchev–Trinajstić information content (AvgIpc) is 2.49. The van der Waals surface area contributed by atoms with E-state index in [4.69, 9.17) is 5.26 Å². The molecule has 0 aliphatic rings. The van der Waals surface area contributed by atoms with Crippen molar-refractivity contribution < 1.29 is 4.79 Å². The molecule has 0 aromatic carbocycles. The van der Waals surface area contributed by atoms with Gasteiger partial charge >= 0.3 is 0 Å². The summed E-state index contributed by atoms with van der Waals surface area (Å²) in [6, 6.07) is 1.87. The highest BCUT2D eigenvalue weighted by molar-refractivity contribution is 7.14. The van der Waals surface area contributed by atoms with E-state index in [1.165, 1.54) is 16.9 Å². The van der Waals surface area contributed by atoms with Gasteiger partial charge in [0.25, 0.3) is 5.91 Å². The summed E-state index contributed by atoms with van der Waals surface area (Å²) in [6.07, 6.45) is 3.69. The Bertz CT molecular complexity index is 376. The zero-order valence-corrected chi connectivity index (χ0v) is 9.07. The number of nitriles is 1. The molecule has 0 atom stereocenters. The number of hydrogen-bond acceptors (Lipinski definition) is 3. The first-order valence-electron chi connectivity index (χ1n) is 4.47. The van der Waals surface area contributed by atoms with Gasteiger partial charge in [0.05, 0.1) is 4.88 Å². The Morgan fingerprint density at radius 2 is 2.43 bits per heavy atom. The summed E-state index contributed by atoms with van der Waals surface area (Å²) < 4.78 is 0. The van der Waals surface area contributed by atoms with E-state index in [0.717, 1.165) is 17.7 Å². The van der Waals surface area contributed by atoms with Crippen LogP contribution in [0.2, 0.25) is 0 Å². The van der Waals surface area contributed by atoms with Gasteiger partial charge in [-0.2, -0.15) is 5.26 Å². The lowest BCUT2D eigenvalue weighted by Gasteiger charge is -1.92. The van der Waals surface area contributed by atoms with Crippen molar-refractivity contribution in [1.82, 2.24) is 5.32 Å². The van der Waals surface area contributed by atoms with Gasteiger partial charge in [0.1, 0.15) is 0 Å². The maximum absolute atomic E-state index is 11.3. The first-order valence-corrected chi connectivity index (χ1v) is 5.29. The van der Waals surface area contributed by atoms with E-state index in [2.05, 4.69) is 12.2 Å². The van der Waals surface area contributed by atoms with E-state index < -0.39 is 0 Å². The molecule has 1 rings (SSSR count). The molecule has 1 amide bonds. The second-order valence-electron chi connectivity index (χ2n) is 3.01. The number of carbonyl (C=O) groups is 1. The van der Waals surface area contributed by atoms with Crippen LogP contribution < -0.4 is 5.32 Å². The highest BCUT2D eigenvalue weighted by atomic mass is 32.1. The first-order chi connectivity index (χ1) is 6.69. The number of carbonyl (C=O) groups excluding carboxylic acids is 1. The molecule has 0 unspecified atom stereocenters. The molecule has 1 heterocycles. The Balaban J connectivity index is 2.86. The summed E-state index contributed by atoms with van der Waals surface area (Å²) >= 11 is 1.44. The normalized spacial score (nSPS) is 9.50. The van der Waals surface area contributed by atoms with E-state index in [1.54, 1.807) is 6.19 Å². The van der Waals surface area contributed by atoms with Crippen molar-refractivity contribution in [3.8, 4) is 6.19 Å². The lowest BCUT2D eigenvalue weighted by molar-refractivity contribution is 0.0977. The maximum Gasteiger partial charge on any atom is 0.274 e. The van der Waals surface area contributed by atoms with Crippen molar-refractivity contribution in [1.29, 1.82) is 5.26 Å². The molecule has 0 saturated carbocycles. The minimum atomic E-state index is -0.303. The number of nitrogens with one attached hydrogen (secondary N) is 1. The number of amides is 1. The molecule has 0 saturated heterocycles. The quantitative estimate of drug-likeness (QED) is 0.611. The van der Waals surface area contributed by atoms with E-state index in [0.29, 0.717) is 4.88 Å². The topological polar surface area (TPSA) is 52.9 Å². The predicted octanol–water partition coefficient (Wildman–Crippen LogP) is 2.22. The lowest BCUT2D eigenvalue weighted by atomic mass is 10.1. The minimum absolute atomic E-state index is 0.303. The van der Waals surface area contributed by atoms with Crippen LogP contribution >= 0.6 is 11.3 Å². The molecule has 0 fully saturated rings. The van der Waals surface area contributed by atoms with Crippen LogP contribution in [0.25, 0.3) is 0 Å². The third-order valence-corrected chi connectivity index (χ3v) is 3.02. The molecule has 0 bridgehead atoms. The molecule has 3 nitrogen and oxygen atoms in total. The summed E-state index contributed by atoms with van der Waals surface area (Å²) in [5, 5.41) is 10.4. The van der Waals surface area contributed by atoms with Crippen LogP contribution in [0.3, 0.4) is 0 Å². The highest BCUT2D eigenvalue weighted by Crippen LogP contribution is 2.22. The van der Waals surface area contributed by atoms with E-state index >= 15 is 0 Å². The Morgan fingerprint density at radius 1 is 1.71 bits per heavy atom. The van der Waals surface area contributed by atoms with Crippen LogP contribution in [0, 0.1) is 18.4 Å². The monoisotopic (exact) mass is 208 g/mol. The first kappa shape index (κ1) is 10.7. The Hall–Kier alpha value is -1.34. The van der Waals surface area contributed by atoms with Crippen LogP contribution in [-0.2, 0) is 6.42 Å². The smallest absolute Gasteiger partial charge is 0.267 e. The molecule has 4 heteroatoms. The predicted molar refractivity (Wildman–Crippen MR) is 56.1 cm³/mol. The standard InChI is InChI=1S/C10H12N2OS/c1-3-4-8-5-9(14-7(8)2)10(13)12-6-11/h5H,3-4H2,1-2H3,(H,12,13). The molecule has 0 aliphatic carbocycles. The fourth-order valence-corrected chi connectivity index (χ4v) is 2.23. The van der Waals surface area contributed by atoms with Crippen molar-refractivity contribution in [2.75, 3.05) is 0 Å². The van der Waals surface area contributed by atoms with E-state index in [1.807, 2.05) is 13.0 Å². The zero-order valence-electron chi connectivity index (χ0n) is 8.26. The third kappa shape index (κ3) is 2.33. The van der Waals surface area contributed by atoms with Gasteiger partial charge in [0.15, 0.2) is 6.19 Å². The van der Waals surface area contributed by atoms with Gasteiger partial charge in [-0.15, -0.1) is 11.3 Å². The summed E-state index contributed by atoms with van der Waals surface area (Å²) in [5.74, 6) is -0.303. The Kier molecular flexibility index (Phi) is 3.66. The molecule has 74 valence electrons. The van der Waals surface area contributed by atoms with Crippen molar-refractivity contribution in [2.24, 2.45) is 0 Å². The van der Waals surface area contributed by atoms with Gasteiger partial charge in [-0.25, -0.2) is 0 Å². The fourth-order valence-electron chi connectivity index (χ4n) is 1.26. The largest absolute Gasteiger partial charge is 0.274 e. The fraction of sp³-hybridized carbons (Fsp3) is 0.400. The van der Waals surface area contributed by atoms with Gasteiger partial charge in [-0.3, -0.25) is 10.1 Å². The second-order valence-corrected chi connectivity index (χ2v) is 4.26. The van der Waals surface area contributed by atoms with Gasteiger partial charge in [-0.05, 0) is 25.0 Å². The van der Waals surface area contributed by atoms with Gasteiger partial charge in [0.2, 0.25) is 0 Å². The number of nitrogens with zero attached hydrogens (tertiary/aromatic N) is 1. The van der Waals surface area contributed by atoms with E-state index in [-0.39, 0.29) is 5.91 Å². The molecule has 1 aromatic rings. The Labute approximate surface area is 87.4 Å². The van der Waals surface area contributed by atoms with Crippen LogP contribution in [-0.4, -0.2) is 5.91 Å². The molecular formula is C10H12N2OS.